The quantitative estimate of drug-likeness (QED) is 0.724. The largest absolute Gasteiger partial charge is 0.390 e. The molecular formula is C17H30O. The molecular weight excluding hydrogens is 220 g/mol. The van der Waals surface area contributed by atoms with E-state index in [4.69, 9.17) is 0 Å². The Labute approximate surface area is 112 Å². The minimum atomic E-state index is -0.472. The molecule has 3 rings (SSSR count). The molecule has 1 heteroatoms. The van der Waals surface area contributed by atoms with E-state index in [0.29, 0.717) is 0 Å². The van der Waals surface area contributed by atoms with Crippen LogP contribution in [-0.4, -0.2) is 10.7 Å². The van der Waals surface area contributed by atoms with Gasteiger partial charge >= 0.3 is 0 Å². The topological polar surface area (TPSA) is 20.2 Å². The summed E-state index contributed by atoms with van der Waals surface area (Å²) in [6.07, 6.45) is 14.0. The van der Waals surface area contributed by atoms with Crippen molar-refractivity contribution in [1.82, 2.24) is 0 Å². The van der Waals surface area contributed by atoms with Crippen LogP contribution in [0.5, 0.6) is 0 Å². The summed E-state index contributed by atoms with van der Waals surface area (Å²) in [5.41, 5.74) is -0.218. The third kappa shape index (κ3) is 1.94. The molecule has 0 amide bonds. The Morgan fingerprint density at radius 1 is 0.944 bits per heavy atom. The Kier molecular flexibility index (Phi) is 3.25. The van der Waals surface area contributed by atoms with Gasteiger partial charge in [-0.25, -0.2) is 0 Å². The van der Waals surface area contributed by atoms with E-state index in [1.165, 1.54) is 64.2 Å². The fourth-order valence-corrected chi connectivity index (χ4v) is 5.68. The summed E-state index contributed by atoms with van der Waals surface area (Å²) in [5.74, 6) is 2.74. The van der Waals surface area contributed by atoms with Crippen LogP contribution >= 0.6 is 0 Å². The Bertz CT molecular complexity index is 303. The molecule has 0 aliphatic heterocycles. The molecule has 0 bridgehead atoms. The highest BCUT2D eigenvalue weighted by Crippen LogP contribution is 2.60. The predicted molar refractivity (Wildman–Crippen MR) is 75.4 cm³/mol. The van der Waals surface area contributed by atoms with Crippen LogP contribution in [0.15, 0.2) is 0 Å². The van der Waals surface area contributed by atoms with Crippen LogP contribution in [0.2, 0.25) is 0 Å². The first-order valence-electron chi connectivity index (χ1n) is 8.25. The summed E-state index contributed by atoms with van der Waals surface area (Å²) in [7, 11) is 0. The van der Waals surface area contributed by atoms with Crippen molar-refractivity contribution in [2.45, 2.75) is 83.7 Å². The van der Waals surface area contributed by atoms with E-state index < -0.39 is 5.60 Å². The van der Waals surface area contributed by atoms with Crippen molar-refractivity contribution in [3.05, 3.63) is 0 Å². The Morgan fingerprint density at radius 3 is 2.33 bits per heavy atom. The van der Waals surface area contributed by atoms with Crippen molar-refractivity contribution in [1.29, 1.82) is 0 Å². The monoisotopic (exact) mass is 250 g/mol. The van der Waals surface area contributed by atoms with Gasteiger partial charge in [0.15, 0.2) is 0 Å². The number of hydrogen-bond donors (Lipinski definition) is 1. The molecule has 4 atom stereocenters. The van der Waals surface area contributed by atoms with Crippen LogP contribution < -0.4 is 0 Å². The molecule has 1 nitrogen and oxygen atoms in total. The van der Waals surface area contributed by atoms with Crippen LogP contribution in [0, 0.1) is 23.2 Å². The highest BCUT2D eigenvalue weighted by molar-refractivity contribution is 5.05. The van der Waals surface area contributed by atoms with Gasteiger partial charge in [-0.1, -0.05) is 38.5 Å². The lowest BCUT2D eigenvalue weighted by Crippen LogP contribution is -2.55. The Morgan fingerprint density at radius 2 is 1.61 bits per heavy atom. The van der Waals surface area contributed by atoms with Gasteiger partial charge in [0.25, 0.3) is 0 Å². The maximum Gasteiger partial charge on any atom is 0.0650 e. The molecule has 3 saturated carbocycles. The molecule has 0 aromatic carbocycles. The fourth-order valence-electron chi connectivity index (χ4n) is 5.68. The first kappa shape index (κ1) is 13.0. The van der Waals surface area contributed by atoms with Gasteiger partial charge in [-0.2, -0.15) is 0 Å². The third-order valence-corrected chi connectivity index (χ3v) is 6.71. The molecule has 104 valence electrons. The Hall–Kier alpha value is -0.0400. The summed E-state index contributed by atoms with van der Waals surface area (Å²) in [6.45, 7) is 4.18. The van der Waals surface area contributed by atoms with Gasteiger partial charge < -0.3 is 5.11 Å². The molecule has 0 radical (unpaired) electrons. The van der Waals surface area contributed by atoms with Crippen LogP contribution in [0.4, 0.5) is 0 Å². The maximum atomic E-state index is 10.8. The molecule has 18 heavy (non-hydrogen) atoms. The molecule has 4 unspecified atom stereocenters. The van der Waals surface area contributed by atoms with Crippen LogP contribution in [0.1, 0.15) is 78.1 Å². The first-order valence-corrected chi connectivity index (χ1v) is 8.25. The average Bonchev–Trinajstić information content (AvgIpc) is 2.34. The van der Waals surface area contributed by atoms with E-state index >= 15 is 0 Å². The van der Waals surface area contributed by atoms with Gasteiger partial charge in [-0.15, -0.1) is 0 Å². The fraction of sp³-hybridized carbons (Fsp3) is 1.00. The van der Waals surface area contributed by atoms with E-state index in [2.05, 4.69) is 13.8 Å². The van der Waals surface area contributed by atoms with Gasteiger partial charge in [-0.05, 0) is 57.3 Å². The molecule has 0 aromatic heterocycles. The third-order valence-electron chi connectivity index (χ3n) is 6.71. The molecule has 0 aromatic rings. The molecule has 0 spiro atoms. The van der Waals surface area contributed by atoms with Crippen molar-refractivity contribution in [3.8, 4) is 0 Å². The highest BCUT2D eigenvalue weighted by Gasteiger charge is 2.55. The van der Waals surface area contributed by atoms with Gasteiger partial charge in [0, 0.05) is 5.41 Å². The lowest BCUT2D eigenvalue weighted by atomic mass is 9.48. The van der Waals surface area contributed by atoms with E-state index in [1.54, 1.807) is 0 Å². The lowest BCUT2D eigenvalue weighted by Gasteiger charge is -2.59. The minimum absolute atomic E-state index is 0.254. The first-order chi connectivity index (χ1) is 8.53. The van der Waals surface area contributed by atoms with Crippen molar-refractivity contribution in [3.63, 3.8) is 0 Å². The predicted octanol–water partition coefficient (Wildman–Crippen LogP) is 4.53. The molecule has 3 aliphatic rings. The summed E-state index contributed by atoms with van der Waals surface area (Å²) >= 11 is 0. The second-order valence-electron chi connectivity index (χ2n) is 7.90. The summed E-state index contributed by atoms with van der Waals surface area (Å²) in [5, 5.41) is 10.8. The van der Waals surface area contributed by atoms with E-state index in [-0.39, 0.29) is 5.41 Å². The highest BCUT2D eigenvalue weighted by atomic mass is 16.3. The van der Waals surface area contributed by atoms with Gasteiger partial charge in [0.1, 0.15) is 0 Å². The number of rotatable bonds is 1. The van der Waals surface area contributed by atoms with E-state index in [0.717, 1.165) is 17.8 Å². The zero-order chi connectivity index (χ0) is 12.8. The zero-order valence-electron chi connectivity index (χ0n) is 12.3. The lowest BCUT2D eigenvalue weighted by molar-refractivity contribution is -0.156. The standard InChI is InChI=1S/C17H30O/c1-16(2,18)17-10-6-5-9-15(17)11-13-7-3-4-8-14(13)12-17/h13-15,18H,3-12H2,1-2H3. The van der Waals surface area contributed by atoms with Crippen LogP contribution in [0.3, 0.4) is 0 Å². The van der Waals surface area contributed by atoms with E-state index in [9.17, 15) is 5.11 Å². The molecule has 0 heterocycles. The molecule has 3 fully saturated rings. The zero-order valence-corrected chi connectivity index (χ0v) is 12.3. The van der Waals surface area contributed by atoms with Crippen LogP contribution in [0.25, 0.3) is 0 Å². The maximum absolute atomic E-state index is 10.8. The van der Waals surface area contributed by atoms with Crippen molar-refractivity contribution >= 4 is 0 Å². The van der Waals surface area contributed by atoms with Crippen LogP contribution in [-0.2, 0) is 0 Å². The smallest absolute Gasteiger partial charge is 0.0650 e. The molecule has 3 aliphatic carbocycles. The summed E-state index contributed by atoms with van der Waals surface area (Å²) < 4.78 is 0. The second-order valence-corrected chi connectivity index (χ2v) is 7.90. The molecule has 0 saturated heterocycles. The normalized spacial score (nSPS) is 45.2. The van der Waals surface area contributed by atoms with Gasteiger partial charge in [0.05, 0.1) is 5.60 Å². The van der Waals surface area contributed by atoms with Gasteiger partial charge in [0.2, 0.25) is 0 Å². The minimum Gasteiger partial charge on any atom is -0.390 e. The van der Waals surface area contributed by atoms with Crippen molar-refractivity contribution in [2.75, 3.05) is 0 Å². The second kappa shape index (κ2) is 4.51. The Balaban J connectivity index is 1.88. The van der Waals surface area contributed by atoms with E-state index in [1.807, 2.05) is 0 Å². The average molecular weight is 250 g/mol. The number of fused-ring (bicyclic) bond motifs is 2. The van der Waals surface area contributed by atoms with Crippen molar-refractivity contribution in [2.24, 2.45) is 23.2 Å². The van der Waals surface area contributed by atoms with Gasteiger partial charge in [-0.3, -0.25) is 0 Å². The number of hydrogen-bond acceptors (Lipinski definition) is 1. The number of aliphatic hydroxyl groups is 1. The summed E-state index contributed by atoms with van der Waals surface area (Å²) in [4.78, 5) is 0. The summed E-state index contributed by atoms with van der Waals surface area (Å²) in [6, 6.07) is 0. The SMILES string of the molecule is CC(C)(O)C12CCCCC1CC1CCCCC1C2. The molecule has 1 N–H and O–H groups in total. The van der Waals surface area contributed by atoms with Crippen molar-refractivity contribution < 1.29 is 5.11 Å².